The van der Waals surface area contributed by atoms with Gasteiger partial charge in [0.2, 0.25) is 0 Å². The molecule has 3 N–H and O–H groups in total. The van der Waals surface area contributed by atoms with E-state index in [2.05, 4.69) is 191 Å². The second kappa shape index (κ2) is 20.2. The predicted octanol–water partition coefficient (Wildman–Crippen LogP) is 14.5. The lowest BCUT2D eigenvalue weighted by Crippen LogP contribution is -2.04. The van der Waals surface area contributed by atoms with E-state index < -0.39 is 0 Å². The van der Waals surface area contributed by atoms with Crippen molar-refractivity contribution >= 4 is 21.7 Å². The van der Waals surface area contributed by atoms with Gasteiger partial charge < -0.3 is 11.1 Å². The molecule has 6 rings (SSSR count). The van der Waals surface area contributed by atoms with Gasteiger partial charge in [-0.1, -0.05) is 84.6 Å². The van der Waals surface area contributed by atoms with Gasteiger partial charge in [-0.15, -0.1) is 0 Å². The van der Waals surface area contributed by atoms with Gasteiger partial charge in [0.25, 0.3) is 0 Å². The Hall–Kier alpha value is -4.58. The van der Waals surface area contributed by atoms with Gasteiger partial charge in [-0.3, -0.25) is 0 Å². The van der Waals surface area contributed by atoms with Crippen LogP contribution >= 0.6 is 15.9 Å². The van der Waals surface area contributed by atoms with E-state index in [1.807, 2.05) is 0 Å². The Balaban J connectivity index is 0.000000232. The van der Waals surface area contributed by atoms with Gasteiger partial charge in [-0.05, 0) is 209 Å². The van der Waals surface area contributed by atoms with Crippen LogP contribution in [0.5, 0.6) is 0 Å². The monoisotopic (exact) mass is 824 g/mol. The molecular weight excluding hydrogens is 761 g/mol. The first-order valence-electron chi connectivity index (χ1n) is 20.4. The molecule has 0 spiro atoms. The summed E-state index contributed by atoms with van der Waals surface area (Å²) in [4.78, 5) is 9.76. The van der Waals surface area contributed by atoms with E-state index in [1.165, 1.54) is 100 Å². The molecule has 0 unspecified atom stereocenters. The van der Waals surface area contributed by atoms with Crippen molar-refractivity contribution < 1.29 is 0 Å². The molecule has 0 aliphatic carbocycles. The van der Waals surface area contributed by atoms with Gasteiger partial charge in [0.05, 0.1) is 11.4 Å². The molecule has 6 aromatic rings. The number of hydrogen-bond acceptors (Lipinski definition) is 4. The lowest BCUT2D eigenvalue weighted by Gasteiger charge is -2.17. The Morgan fingerprint density at radius 1 is 0.439 bits per heavy atom. The van der Waals surface area contributed by atoms with Gasteiger partial charge in [0.1, 0.15) is 10.4 Å². The predicted molar refractivity (Wildman–Crippen MR) is 253 cm³/mol. The normalized spacial score (nSPS) is 10.7. The molecule has 4 nitrogen and oxygen atoms in total. The molecule has 0 fully saturated rings. The number of aromatic nitrogens is 2. The second-order valence-electron chi connectivity index (χ2n) is 16.0. The summed E-state index contributed by atoms with van der Waals surface area (Å²) in [6.07, 6.45) is 2.17. The van der Waals surface area contributed by atoms with Crippen molar-refractivity contribution in [2.75, 3.05) is 18.4 Å². The average Bonchev–Trinajstić information content (AvgIpc) is 3.09. The summed E-state index contributed by atoms with van der Waals surface area (Å²) in [6, 6.07) is 26.8. The van der Waals surface area contributed by atoms with Crippen LogP contribution in [0, 0.1) is 83.1 Å². The van der Waals surface area contributed by atoms with Gasteiger partial charge >= 0.3 is 0 Å². The maximum Gasteiger partial charge on any atom is 0.127 e. The second-order valence-corrected chi connectivity index (χ2v) is 16.8. The number of nitrogens with two attached hydrogens (primary N) is 1. The van der Waals surface area contributed by atoms with Gasteiger partial charge in [-0.2, -0.15) is 0 Å². The number of aryl methyl sites for hydroxylation is 12. The number of nitrogens with zero attached hydrogens (tertiary/aromatic N) is 2. The molecule has 300 valence electrons. The molecule has 0 saturated heterocycles. The molecule has 0 radical (unpaired) electrons. The highest BCUT2D eigenvalue weighted by molar-refractivity contribution is 9.10. The molecule has 0 aliphatic heterocycles. The van der Waals surface area contributed by atoms with Crippen molar-refractivity contribution in [3.8, 4) is 44.8 Å². The standard InChI is InChI=1S/C26H32N2.C23H24BrN.C3H9N/c1-8-9-27-24-15-22(25-18(4)10-16(2)11-19(25)5)14-23(28-24)26-20(6)12-17(3)13-21(26)7;1-13-7-15(3)22(16(4)8-13)19-11-20(25-21(24)12-19)23-17(5)9-14(2)10-18(23)6;1-2-3-4/h10-15H,8-9H2,1-7H3,(H,27,28);7-12H,1-6H3;2-4H2,1H3. The van der Waals surface area contributed by atoms with Crippen LogP contribution in [0.2, 0.25) is 0 Å². The molecule has 2 heterocycles. The van der Waals surface area contributed by atoms with Crippen molar-refractivity contribution in [1.29, 1.82) is 0 Å². The SMILES string of the molecule is CCCN.CCCNc1cc(-c2c(C)cc(C)cc2C)cc(-c2c(C)cc(C)cc2C)n1.Cc1cc(C)c(-c2cc(Br)nc(-c3c(C)cc(C)cc3C)c2)c(C)c1. The Kier molecular flexibility index (Phi) is 16.0. The summed E-state index contributed by atoms with van der Waals surface area (Å²) in [7, 11) is 0. The molecule has 0 aliphatic rings. The Morgan fingerprint density at radius 2 is 0.754 bits per heavy atom. The highest BCUT2D eigenvalue weighted by Gasteiger charge is 2.16. The minimum absolute atomic E-state index is 0.819. The van der Waals surface area contributed by atoms with E-state index in [-0.39, 0.29) is 0 Å². The van der Waals surface area contributed by atoms with E-state index in [0.29, 0.717) is 0 Å². The number of benzene rings is 4. The maximum atomic E-state index is 5.03. The van der Waals surface area contributed by atoms with Crippen LogP contribution in [0.25, 0.3) is 44.8 Å². The number of pyridine rings is 2. The summed E-state index contributed by atoms with van der Waals surface area (Å²) in [6.45, 7) is 32.1. The van der Waals surface area contributed by atoms with Crippen molar-refractivity contribution in [3.63, 3.8) is 0 Å². The lowest BCUT2D eigenvalue weighted by atomic mass is 9.91. The fourth-order valence-corrected chi connectivity index (χ4v) is 8.79. The van der Waals surface area contributed by atoms with Crippen LogP contribution in [-0.2, 0) is 0 Å². The third kappa shape index (κ3) is 11.5. The highest BCUT2D eigenvalue weighted by Crippen LogP contribution is 2.37. The zero-order valence-corrected chi connectivity index (χ0v) is 38.7. The summed E-state index contributed by atoms with van der Waals surface area (Å²) in [5.41, 5.74) is 30.2. The minimum Gasteiger partial charge on any atom is -0.370 e. The minimum atomic E-state index is 0.819. The van der Waals surface area contributed by atoms with Gasteiger partial charge in [0, 0.05) is 17.7 Å². The average molecular weight is 826 g/mol. The number of anilines is 1. The van der Waals surface area contributed by atoms with Gasteiger partial charge in [0.15, 0.2) is 0 Å². The molecule has 0 bridgehead atoms. The van der Waals surface area contributed by atoms with Crippen LogP contribution < -0.4 is 11.1 Å². The molecule has 0 saturated carbocycles. The highest BCUT2D eigenvalue weighted by atomic mass is 79.9. The quantitative estimate of drug-likeness (QED) is 0.150. The fraction of sp³-hybridized carbons (Fsp3) is 0.346. The number of hydrogen-bond donors (Lipinski definition) is 2. The van der Waals surface area contributed by atoms with E-state index in [9.17, 15) is 0 Å². The van der Waals surface area contributed by atoms with E-state index in [1.54, 1.807) is 0 Å². The largest absolute Gasteiger partial charge is 0.370 e. The maximum absolute atomic E-state index is 5.03. The first-order chi connectivity index (χ1) is 27.0. The summed E-state index contributed by atoms with van der Waals surface area (Å²) in [5, 5.41) is 3.50. The van der Waals surface area contributed by atoms with Crippen LogP contribution in [0.15, 0.2) is 77.4 Å². The topological polar surface area (TPSA) is 63.8 Å². The molecule has 4 aromatic carbocycles. The third-order valence-corrected chi connectivity index (χ3v) is 10.7. The Bertz CT molecular complexity index is 2110. The van der Waals surface area contributed by atoms with Crippen LogP contribution in [0.4, 0.5) is 5.82 Å². The summed E-state index contributed by atoms with van der Waals surface area (Å²) < 4.78 is 0.874. The van der Waals surface area contributed by atoms with E-state index >= 15 is 0 Å². The smallest absolute Gasteiger partial charge is 0.127 e. The van der Waals surface area contributed by atoms with E-state index in [0.717, 1.165) is 47.7 Å². The molecule has 2 aromatic heterocycles. The zero-order valence-electron chi connectivity index (χ0n) is 37.1. The lowest BCUT2D eigenvalue weighted by molar-refractivity contribution is 0.932. The molecule has 0 atom stereocenters. The van der Waals surface area contributed by atoms with Crippen LogP contribution in [0.3, 0.4) is 0 Å². The van der Waals surface area contributed by atoms with Crippen molar-refractivity contribution in [1.82, 2.24) is 9.97 Å². The molecule has 57 heavy (non-hydrogen) atoms. The van der Waals surface area contributed by atoms with Crippen LogP contribution in [-0.4, -0.2) is 23.1 Å². The first-order valence-corrected chi connectivity index (χ1v) is 21.2. The van der Waals surface area contributed by atoms with Crippen molar-refractivity contribution in [2.24, 2.45) is 5.73 Å². The van der Waals surface area contributed by atoms with Crippen molar-refractivity contribution in [3.05, 3.63) is 144 Å². The zero-order chi connectivity index (χ0) is 42.1. The van der Waals surface area contributed by atoms with Crippen molar-refractivity contribution in [2.45, 2.75) is 110 Å². The first kappa shape index (κ1) is 45.1. The summed E-state index contributed by atoms with van der Waals surface area (Å²) in [5.74, 6) is 0.952. The molecule has 5 heteroatoms. The van der Waals surface area contributed by atoms with Gasteiger partial charge in [-0.25, -0.2) is 9.97 Å². The third-order valence-electron chi connectivity index (χ3n) is 10.3. The fourth-order valence-electron chi connectivity index (χ4n) is 8.35. The number of nitrogens with one attached hydrogen (secondary N) is 1. The van der Waals surface area contributed by atoms with Crippen LogP contribution in [0.1, 0.15) is 93.5 Å². The summed E-state index contributed by atoms with van der Waals surface area (Å²) >= 11 is 3.62. The Labute approximate surface area is 352 Å². The number of halogens is 1. The van der Waals surface area contributed by atoms with E-state index in [4.69, 9.17) is 15.7 Å². The Morgan fingerprint density at radius 3 is 1.09 bits per heavy atom. The molecular formula is C52H65BrN4. The molecule has 0 amide bonds. The number of rotatable bonds is 8.